The number of terminal acetylenes is 1. The molecule has 0 aliphatic rings. The third kappa shape index (κ3) is 3.93. The molecular weight excluding hydrogens is 218 g/mol. The zero-order valence-electron chi connectivity index (χ0n) is 10.2. The molecule has 1 rings (SSSR count). The topological polar surface area (TPSA) is 58.4 Å². The zero-order chi connectivity index (χ0) is 12.8. The van der Waals surface area contributed by atoms with E-state index >= 15 is 0 Å². The first-order chi connectivity index (χ1) is 8.06. The molecule has 0 amide bonds. The van der Waals surface area contributed by atoms with Crippen molar-refractivity contribution in [2.75, 3.05) is 13.1 Å². The maximum Gasteiger partial charge on any atom is 0.317 e. The zero-order valence-corrected chi connectivity index (χ0v) is 10.2. The van der Waals surface area contributed by atoms with E-state index in [4.69, 9.17) is 11.5 Å². The first-order valence-electron chi connectivity index (χ1n) is 5.46. The van der Waals surface area contributed by atoms with Gasteiger partial charge in [0, 0.05) is 13.6 Å². The summed E-state index contributed by atoms with van der Waals surface area (Å²) in [6.45, 7) is 2.79. The Morgan fingerprint density at radius 3 is 2.88 bits per heavy atom. The van der Waals surface area contributed by atoms with Crippen LogP contribution in [0.3, 0.4) is 0 Å². The van der Waals surface area contributed by atoms with Crippen molar-refractivity contribution in [1.82, 2.24) is 14.7 Å². The Balaban J connectivity index is 2.74. The van der Waals surface area contributed by atoms with Gasteiger partial charge in [-0.25, -0.2) is 0 Å². The number of aromatic nitrogens is 2. The normalized spacial score (nSPS) is 10.5. The lowest BCUT2D eigenvalue weighted by atomic mass is 10.3. The molecule has 0 fully saturated rings. The third-order valence-corrected chi connectivity index (χ3v) is 2.45. The lowest BCUT2D eigenvalue weighted by molar-refractivity contribution is -0.138. The Hall–Kier alpha value is -1.80. The maximum absolute atomic E-state index is 10.7. The van der Waals surface area contributed by atoms with Gasteiger partial charge in [0.15, 0.2) is 0 Å². The summed E-state index contributed by atoms with van der Waals surface area (Å²) in [5.41, 5.74) is 1.97. The molecule has 0 saturated carbocycles. The lowest BCUT2D eigenvalue weighted by Crippen LogP contribution is -2.30. The maximum atomic E-state index is 10.7. The minimum Gasteiger partial charge on any atom is -0.480 e. The van der Waals surface area contributed by atoms with Crippen LogP contribution < -0.4 is 0 Å². The summed E-state index contributed by atoms with van der Waals surface area (Å²) in [6.07, 6.45) is 6.08. The monoisotopic (exact) mass is 235 g/mol. The Morgan fingerprint density at radius 2 is 2.41 bits per heavy atom. The van der Waals surface area contributed by atoms with E-state index in [9.17, 15) is 4.79 Å². The summed E-state index contributed by atoms with van der Waals surface area (Å²) in [5.74, 6) is 1.59. The van der Waals surface area contributed by atoms with Gasteiger partial charge in [0.05, 0.1) is 24.5 Å². The standard InChI is InChI=1S/C12H17N3O2/c1-4-6-15(9-12(16)17)8-11-7-10(5-2)13-14(11)3/h1,7H,5-6,8-9H2,2-3H3,(H,16,17). The van der Waals surface area contributed by atoms with Crippen molar-refractivity contribution in [1.29, 1.82) is 0 Å². The van der Waals surface area contributed by atoms with E-state index in [1.807, 2.05) is 20.0 Å². The summed E-state index contributed by atoms with van der Waals surface area (Å²) in [5, 5.41) is 13.1. The summed E-state index contributed by atoms with van der Waals surface area (Å²) in [4.78, 5) is 12.4. The van der Waals surface area contributed by atoms with Crippen molar-refractivity contribution in [3.8, 4) is 12.3 Å². The summed E-state index contributed by atoms with van der Waals surface area (Å²) < 4.78 is 1.77. The summed E-state index contributed by atoms with van der Waals surface area (Å²) in [7, 11) is 1.85. The second kappa shape index (κ2) is 6.06. The number of aryl methyl sites for hydroxylation is 2. The van der Waals surface area contributed by atoms with Gasteiger partial charge in [-0.2, -0.15) is 5.10 Å². The first kappa shape index (κ1) is 13.3. The molecule has 92 valence electrons. The van der Waals surface area contributed by atoms with Crippen LogP contribution in [-0.4, -0.2) is 38.8 Å². The van der Waals surface area contributed by atoms with E-state index < -0.39 is 5.97 Å². The van der Waals surface area contributed by atoms with Crippen LogP contribution >= 0.6 is 0 Å². The summed E-state index contributed by atoms with van der Waals surface area (Å²) in [6, 6.07) is 1.98. The average molecular weight is 235 g/mol. The van der Waals surface area contributed by atoms with Crippen LogP contribution in [0.15, 0.2) is 6.07 Å². The van der Waals surface area contributed by atoms with Gasteiger partial charge in [-0.05, 0) is 12.5 Å². The van der Waals surface area contributed by atoms with E-state index in [2.05, 4.69) is 11.0 Å². The second-order valence-electron chi connectivity index (χ2n) is 3.85. The Morgan fingerprint density at radius 1 is 1.71 bits per heavy atom. The van der Waals surface area contributed by atoms with Crippen LogP contribution in [0.1, 0.15) is 18.3 Å². The summed E-state index contributed by atoms with van der Waals surface area (Å²) >= 11 is 0. The van der Waals surface area contributed by atoms with E-state index in [1.54, 1.807) is 9.58 Å². The quantitative estimate of drug-likeness (QED) is 0.730. The number of carboxylic acid groups (broad SMARTS) is 1. The van der Waals surface area contributed by atoms with Crippen molar-refractivity contribution in [3.05, 3.63) is 17.5 Å². The smallest absolute Gasteiger partial charge is 0.317 e. The minimum absolute atomic E-state index is 0.0587. The number of hydrogen-bond donors (Lipinski definition) is 1. The highest BCUT2D eigenvalue weighted by atomic mass is 16.4. The van der Waals surface area contributed by atoms with Crippen molar-refractivity contribution in [2.45, 2.75) is 19.9 Å². The van der Waals surface area contributed by atoms with Gasteiger partial charge in [0.2, 0.25) is 0 Å². The van der Waals surface area contributed by atoms with Crippen LogP contribution in [0.4, 0.5) is 0 Å². The Kier molecular flexibility index (Phi) is 4.73. The predicted octanol–water partition coefficient (Wildman–Crippen LogP) is 0.502. The number of carbonyl (C=O) groups is 1. The van der Waals surface area contributed by atoms with Crippen molar-refractivity contribution in [2.24, 2.45) is 7.05 Å². The molecule has 5 heteroatoms. The fraction of sp³-hybridized carbons (Fsp3) is 0.500. The van der Waals surface area contributed by atoms with Gasteiger partial charge < -0.3 is 5.11 Å². The molecule has 0 radical (unpaired) electrons. The molecule has 0 bridgehead atoms. The van der Waals surface area contributed by atoms with Crippen molar-refractivity contribution >= 4 is 5.97 Å². The number of rotatable bonds is 6. The van der Waals surface area contributed by atoms with Crippen LogP contribution in [0.25, 0.3) is 0 Å². The highest BCUT2D eigenvalue weighted by Gasteiger charge is 2.12. The molecule has 1 aromatic heterocycles. The minimum atomic E-state index is -0.877. The molecule has 0 spiro atoms. The van der Waals surface area contributed by atoms with Crippen LogP contribution in [-0.2, 0) is 24.8 Å². The lowest BCUT2D eigenvalue weighted by Gasteiger charge is -2.16. The van der Waals surface area contributed by atoms with E-state index in [0.29, 0.717) is 13.1 Å². The molecule has 0 aliphatic heterocycles. The number of carboxylic acids is 1. The molecule has 0 saturated heterocycles. The van der Waals surface area contributed by atoms with Crippen LogP contribution in [0.5, 0.6) is 0 Å². The van der Waals surface area contributed by atoms with E-state index in [-0.39, 0.29) is 6.54 Å². The van der Waals surface area contributed by atoms with E-state index in [1.165, 1.54) is 0 Å². The molecule has 1 aromatic rings. The largest absolute Gasteiger partial charge is 0.480 e. The average Bonchev–Trinajstić information content (AvgIpc) is 2.59. The van der Waals surface area contributed by atoms with Gasteiger partial charge in [0.25, 0.3) is 0 Å². The molecule has 0 aliphatic carbocycles. The molecule has 17 heavy (non-hydrogen) atoms. The molecular formula is C12H17N3O2. The van der Waals surface area contributed by atoms with Gasteiger partial charge in [-0.3, -0.25) is 14.4 Å². The van der Waals surface area contributed by atoms with Crippen molar-refractivity contribution in [3.63, 3.8) is 0 Å². The highest BCUT2D eigenvalue weighted by Crippen LogP contribution is 2.07. The fourth-order valence-electron chi connectivity index (χ4n) is 1.61. The predicted molar refractivity (Wildman–Crippen MR) is 64.3 cm³/mol. The Bertz CT molecular complexity index is 431. The van der Waals surface area contributed by atoms with Gasteiger partial charge in [-0.1, -0.05) is 12.8 Å². The molecule has 1 heterocycles. The fourth-order valence-corrected chi connectivity index (χ4v) is 1.61. The second-order valence-corrected chi connectivity index (χ2v) is 3.85. The third-order valence-electron chi connectivity index (χ3n) is 2.45. The Labute approximate surface area is 101 Å². The molecule has 0 unspecified atom stereocenters. The molecule has 0 atom stereocenters. The molecule has 1 N–H and O–H groups in total. The molecule has 5 nitrogen and oxygen atoms in total. The van der Waals surface area contributed by atoms with E-state index in [0.717, 1.165) is 17.8 Å². The number of nitrogens with zero attached hydrogens (tertiary/aromatic N) is 3. The highest BCUT2D eigenvalue weighted by molar-refractivity contribution is 5.69. The number of hydrogen-bond acceptors (Lipinski definition) is 3. The van der Waals surface area contributed by atoms with Gasteiger partial charge >= 0.3 is 5.97 Å². The first-order valence-corrected chi connectivity index (χ1v) is 5.46. The van der Waals surface area contributed by atoms with Crippen LogP contribution in [0.2, 0.25) is 0 Å². The SMILES string of the molecule is C#CCN(CC(=O)O)Cc1cc(CC)nn1C. The number of aliphatic carboxylic acids is 1. The molecule has 0 aromatic carbocycles. The van der Waals surface area contributed by atoms with Crippen LogP contribution in [0, 0.1) is 12.3 Å². The van der Waals surface area contributed by atoms with Crippen molar-refractivity contribution < 1.29 is 9.90 Å². The van der Waals surface area contributed by atoms with Gasteiger partial charge in [-0.15, -0.1) is 6.42 Å². The van der Waals surface area contributed by atoms with Gasteiger partial charge in [0.1, 0.15) is 0 Å².